The van der Waals surface area contributed by atoms with Crippen LogP contribution >= 0.6 is 0 Å². The van der Waals surface area contributed by atoms with Gasteiger partial charge in [0, 0.05) is 0 Å². The third-order valence-electron chi connectivity index (χ3n) is 2.06. The minimum atomic E-state index is -0.132. The molecule has 1 unspecified atom stereocenters. The van der Waals surface area contributed by atoms with Crippen molar-refractivity contribution in [1.82, 2.24) is 0 Å². The molecule has 0 heterocycles. The van der Waals surface area contributed by atoms with Crippen molar-refractivity contribution < 1.29 is 9.84 Å². The average molecular weight is 194 g/mol. The van der Waals surface area contributed by atoms with Crippen molar-refractivity contribution in [3.05, 3.63) is 29.8 Å². The fraction of sp³-hybridized carbons (Fsp3) is 0.500. The second kappa shape index (κ2) is 5.66. The third-order valence-corrected chi connectivity index (χ3v) is 2.06. The molecule has 1 atom stereocenters. The SMILES string of the molecule is CCCc1ccc(OC(C)CO)cc1. The second-order valence-corrected chi connectivity index (χ2v) is 3.50. The van der Waals surface area contributed by atoms with Gasteiger partial charge in [0.15, 0.2) is 0 Å². The highest BCUT2D eigenvalue weighted by molar-refractivity contribution is 5.27. The number of hydrogen-bond acceptors (Lipinski definition) is 2. The van der Waals surface area contributed by atoms with Crippen LogP contribution in [-0.2, 0) is 6.42 Å². The Bertz CT molecular complexity index is 254. The van der Waals surface area contributed by atoms with E-state index >= 15 is 0 Å². The minimum Gasteiger partial charge on any atom is -0.488 e. The Morgan fingerprint density at radius 2 is 1.93 bits per heavy atom. The van der Waals surface area contributed by atoms with E-state index in [1.54, 1.807) is 0 Å². The van der Waals surface area contributed by atoms with Gasteiger partial charge >= 0.3 is 0 Å². The van der Waals surface area contributed by atoms with Crippen LogP contribution in [-0.4, -0.2) is 17.8 Å². The van der Waals surface area contributed by atoms with Gasteiger partial charge in [-0.05, 0) is 31.0 Å². The molecule has 1 aromatic rings. The molecule has 0 spiro atoms. The van der Waals surface area contributed by atoms with Gasteiger partial charge in [0.25, 0.3) is 0 Å². The summed E-state index contributed by atoms with van der Waals surface area (Å²) < 4.78 is 5.45. The van der Waals surface area contributed by atoms with E-state index in [1.807, 2.05) is 19.1 Å². The Hall–Kier alpha value is -1.02. The monoisotopic (exact) mass is 194 g/mol. The van der Waals surface area contributed by atoms with Gasteiger partial charge < -0.3 is 9.84 Å². The first-order valence-electron chi connectivity index (χ1n) is 5.12. The van der Waals surface area contributed by atoms with Gasteiger partial charge in [-0.15, -0.1) is 0 Å². The number of aryl methyl sites for hydroxylation is 1. The lowest BCUT2D eigenvalue weighted by Gasteiger charge is -2.11. The Morgan fingerprint density at radius 1 is 1.29 bits per heavy atom. The first kappa shape index (κ1) is 11.1. The van der Waals surface area contributed by atoms with Crippen molar-refractivity contribution >= 4 is 0 Å². The van der Waals surface area contributed by atoms with E-state index in [2.05, 4.69) is 19.1 Å². The van der Waals surface area contributed by atoms with Crippen LogP contribution in [0.5, 0.6) is 5.75 Å². The summed E-state index contributed by atoms with van der Waals surface area (Å²) in [5, 5.41) is 8.81. The summed E-state index contributed by atoms with van der Waals surface area (Å²) in [6.07, 6.45) is 2.13. The molecule has 0 saturated carbocycles. The molecule has 0 saturated heterocycles. The number of rotatable bonds is 5. The number of benzene rings is 1. The molecular formula is C12H18O2. The smallest absolute Gasteiger partial charge is 0.119 e. The zero-order valence-electron chi connectivity index (χ0n) is 8.86. The predicted octanol–water partition coefficient (Wildman–Crippen LogP) is 2.40. The molecule has 78 valence electrons. The van der Waals surface area contributed by atoms with Gasteiger partial charge in [-0.25, -0.2) is 0 Å². The zero-order chi connectivity index (χ0) is 10.4. The van der Waals surface area contributed by atoms with Crippen molar-refractivity contribution in [3.8, 4) is 5.75 Å². The molecule has 14 heavy (non-hydrogen) atoms. The molecule has 1 N–H and O–H groups in total. The molecule has 0 aliphatic heterocycles. The highest BCUT2D eigenvalue weighted by Crippen LogP contribution is 2.14. The zero-order valence-corrected chi connectivity index (χ0v) is 8.86. The Kier molecular flexibility index (Phi) is 4.47. The number of ether oxygens (including phenoxy) is 1. The van der Waals surface area contributed by atoms with E-state index in [0.717, 1.165) is 18.6 Å². The van der Waals surface area contributed by atoms with E-state index in [9.17, 15) is 0 Å². The van der Waals surface area contributed by atoms with Crippen LogP contribution in [0.4, 0.5) is 0 Å². The molecular weight excluding hydrogens is 176 g/mol. The van der Waals surface area contributed by atoms with E-state index in [-0.39, 0.29) is 12.7 Å². The lowest BCUT2D eigenvalue weighted by molar-refractivity contribution is 0.129. The summed E-state index contributed by atoms with van der Waals surface area (Å²) in [6, 6.07) is 8.06. The summed E-state index contributed by atoms with van der Waals surface area (Å²) in [6.45, 7) is 4.06. The Labute approximate surface area is 85.5 Å². The molecule has 0 amide bonds. The van der Waals surface area contributed by atoms with Gasteiger partial charge in [-0.2, -0.15) is 0 Å². The first-order valence-corrected chi connectivity index (χ1v) is 5.12. The van der Waals surface area contributed by atoms with E-state index < -0.39 is 0 Å². The van der Waals surface area contributed by atoms with Gasteiger partial charge in [-0.1, -0.05) is 25.5 Å². The minimum absolute atomic E-state index is 0.0523. The van der Waals surface area contributed by atoms with Crippen molar-refractivity contribution in [2.45, 2.75) is 32.8 Å². The van der Waals surface area contributed by atoms with E-state index in [1.165, 1.54) is 5.56 Å². The molecule has 0 radical (unpaired) electrons. The van der Waals surface area contributed by atoms with E-state index in [0.29, 0.717) is 0 Å². The summed E-state index contributed by atoms with van der Waals surface area (Å²) in [5.41, 5.74) is 1.33. The van der Waals surface area contributed by atoms with Gasteiger partial charge in [-0.3, -0.25) is 0 Å². The summed E-state index contributed by atoms with van der Waals surface area (Å²) in [4.78, 5) is 0. The quantitative estimate of drug-likeness (QED) is 0.780. The molecule has 0 bridgehead atoms. The average Bonchev–Trinajstić information content (AvgIpc) is 2.21. The summed E-state index contributed by atoms with van der Waals surface area (Å²) >= 11 is 0. The van der Waals surface area contributed by atoms with Crippen LogP contribution in [0.15, 0.2) is 24.3 Å². The molecule has 0 aromatic heterocycles. The number of aliphatic hydroxyl groups excluding tert-OH is 1. The van der Waals surface area contributed by atoms with Crippen LogP contribution in [0.1, 0.15) is 25.8 Å². The van der Waals surface area contributed by atoms with Crippen LogP contribution in [0.25, 0.3) is 0 Å². The molecule has 1 aromatic carbocycles. The third kappa shape index (κ3) is 3.38. The maximum atomic E-state index is 8.81. The van der Waals surface area contributed by atoms with Gasteiger partial charge in [0.2, 0.25) is 0 Å². The molecule has 2 nitrogen and oxygen atoms in total. The van der Waals surface area contributed by atoms with Crippen molar-refractivity contribution in [1.29, 1.82) is 0 Å². The fourth-order valence-electron chi connectivity index (χ4n) is 1.29. The maximum absolute atomic E-state index is 8.81. The van der Waals surface area contributed by atoms with E-state index in [4.69, 9.17) is 9.84 Å². The highest BCUT2D eigenvalue weighted by atomic mass is 16.5. The Balaban J connectivity index is 2.54. The number of hydrogen-bond donors (Lipinski definition) is 1. The summed E-state index contributed by atoms with van der Waals surface area (Å²) in [7, 11) is 0. The molecule has 0 fully saturated rings. The molecule has 0 aliphatic carbocycles. The lowest BCUT2D eigenvalue weighted by Crippen LogP contribution is -2.16. The topological polar surface area (TPSA) is 29.5 Å². The molecule has 2 heteroatoms. The first-order chi connectivity index (χ1) is 6.76. The van der Waals surface area contributed by atoms with Crippen LogP contribution in [0, 0.1) is 0 Å². The predicted molar refractivity (Wildman–Crippen MR) is 57.6 cm³/mol. The molecule has 1 rings (SSSR count). The summed E-state index contributed by atoms with van der Waals surface area (Å²) in [5.74, 6) is 0.825. The Morgan fingerprint density at radius 3 is 2.43 bits per heavy atom. The van der Waals surface area contributed by atoms with Crippen molar-refractivity contribution in [3.63, 3.8) is 0 Å². The van der Waals surface area contributed by atoms with Crippen molar-refractivity contribution in [2.75, 3.05) is 6.61 Å². The van der Waals surface area contributed by atoms with Gasteiger partial charge in [0.05, 0.1) is 6.61 Å². The van der Waals surface area contributed by atoms with Crippen molar-refractivity contribution in [2.24, 2.45) is 0 Å². The fourth-order valence-corrected chi connectivity index (χ4v) is 1.29. The standard InChI is InChI=1S/C12H18O2/c1-3-4-11-5-7-12(8-6-11)14-10(2)9-13/h5-8,10,13H,3-4,9H2,1-2H3. The van der Waals surface area contributed by atoms with Crippen LogP contribution in [0.2, 0.25) is 0 Å². The van der Waals surface area contributed by atoms with Gasteiger partial charge in [0.1, 0.15) is 11.9 Å². The largest absolute Gasteiger partial charge is 0.488 e. The number of aliphatic hydroxyl groups is 1. The second-order valence-electron chi connectivity index (χ2n) is 3.50. The van der Waals surface area contributed by atoms with Crippen LogP contribution < -0.4 is 4.74 Å². The maximum Gasteiger partial charge on any atom is 0.119 e. The van der Waals surface area contributed by atoms with Crippen LogP contribution in [0.3, 0.4) is 0 Å². The lowest BCUT2D eigenvalue weighted by atomic mass is 10.1. The highest BCUT2D eigenvalue weighted by Gasteiger charge is 2.01. The molecule has 0 aliphatic rings. The normalized spacial score (nSPS) is 12.5.